The van der Waals surface area contributed by atoms with Gasteiger partial charge in [-0.3, -0.25) is 0 Å². The minimum absolute atomic E-state index is 0.111. The van der Waals surface area contributed by atoms with Gasteiger partial charge in [0.05, 0.1) is 6.04 Å². The molecule has 0 amide bonds. The van der Waals surface area contributed by atoms with Crippen LogP contribution in [0.4, 0.5) is 4.39 Å². The van der Waals surface area contributed by atoms with Gasteiger partial charge < -0.3 is 5.32 Å². The summed E-state index contributed by atoms with van der Waals surface area (Å²) < 4.78 is 13.6. The monoisotopic (exact) mass is 298 g/mol. The molecule has 0 aliphatic carbocycles. The van der Waals surface area contributed by atoms with E-state index in [2.05, 4.69) is 17.2 Å². The molecule has 1 aromatic heterocycles. The first kappa shape index (κ1) is 14.4. The largest absolute Gasteiger partial charge is 0.304 e. The van der Waals surface area contributed by atoms with E-state index in [9.17, 15) is 4.39 Å². The lowest BCUT2D eigenvalue weighted by atomic mass is 10.2. The van der Waals surface area contributed by atoms with Gasteiger partial charge in [-0.05, 0) is 25.5 Å². The third-order valence-electron chi connectivity index (χ3n) is 2.90. The van der Waals surface area contributed by atoms with Gasteiger partial charge in [-0.2, -0.15) is 0 Å². The maximum Gasteiger partial charge on any atom is 0.129 e. The fraction of sp³-hybridized carbons (Fsp3) is 0.357. The molecule has 1 aromatic carbocycles. The summed E-state index contributed by atoms with van der Waals surface area (Å²) in [6.07, 6.45) is 2.90. The number of rotatable bonds is 5. The summed E-state index contributed by atoms with van der Waals surface area (Å²) in [5.41, 5.74) is 0.614. The molecule has 0 spiro atoms. The van der Waals surface area contributed by atoms with Gasteiger partial charge in [0.1, 0.15) is 10.8 Å². The van der Waals surface area contributed by atoms with Gasteiger partial charge in [-0.25, -0.2) is 9.37 Å². The van der Waals surface area contributed by atoms with Gasteiger partial charge in [0.15, 0.2) is 0 Å². The maximum absolute atomic E-state index is 13.6. The van der Waals surface area contributed by atoms with Crippen LogP contribution in [-0.2, 0) is 13.0 Å². The van der Waals surface area contributed by atoms with Crippen molar-refractivity contribution in [2.45, 2.75) is 32.9 Å². The van der Waals surface area contributed by atoms with Gasteiger partial charge in [0.2, 0.25) is 0 Å². The zero-order valence-corrected chi connectivity index (χ0v) is 12.5. The number of aryl methyl sites for hydroxylation is 1. The van der Waals surface area contributed by atoms with E-state index >= 15 is 0 Å². The fourth-order valence-electron chi connectivity index (χ4n) is 1.70. The third-order valence-corrected chi connectivity index (χ3v) is 4.46. The third kappa shape index (κ3) is 3.75. The molecule has 0 bridgehead atoms. The standard InChI is InChI=1S/C14H16ClFN2S/c1-3-12-8-18-14(19-12)9(2)17-7-10-4-5-11(15)6-13(10)16/h4-6,8-9,17H,3,7H2,1-2H3. The van der Waals surface area contributed by atoms with Gasteiger partial charge in [0.25, 0.3) is 0 Å². The summed E-state index contributed by atoms with van der Waals surface area (Å²) in [7, 11) is 0. The van der Waals surface area contributed by atoms with Crippen molar-refractivity contribution < 1.29 is 4.39 Å². The predicted octanol–water partition coefficient (Wildman–Crippen LogP) is 4.35. The van der Waals surface area contributed by atoms with E-state index in [4.69, 9.17) is 11.6 Å². The Balaban J connectivity index is 1.98. The Morgan fingerprint density at radius 1 is 1.47 bits per heavy atom. The average molecular weight is 299 g/mol. The van der Waals surface area contributed by atoms with E-state index in [1.807, 2.05) is 13.1 Å². The molecule has 0 saturated carbocycles. The Bertz CT molecular complexity index is 556. The molecule has 1 unspecified atom stereocenters. The molecule has 0 fully saturated rings. The SMILES string of the molecule is CCc1cnc(C(C)NCc2ccc(Cl)cc2F)s1. The molecule has 1 N–H and O–H groups in total. The molecule has 2 aromatic rings. The summed E-state index contributed by atoms with van der Waals surface area (Å²) in [5.74, 6) is -0.277. The Kier molecular flexibility index (Phi) is 4.91. The molecule has 102 valence electrons. The highest BCUT2D eigenvalue weighted by Gasteiger charge is 2.11. The van der Waals surface area contributed by atoms with Crippen LogP contribution in [0.25, 0.3) is 0 Å². The second-order valence-electron chi connectivity index (χ2n) is 4.36. The van der Waals surface area contributed by atoms with Crippen molar-refractivity contribution in [1.82, 2.24) is 10.3 Å². The number of nitrogens with zero attached hydrogens (tertiary/aromatic N) is 1. The first-order chi connectivity index (χ1) is 9.10. The van der Waals surface area contributed by atoms with Gasteiger partial charge in [0, 0.05) is 28.2 Å². The van der Waals surface area contributed by atoms with Crippen LogP contribution in [0.2, 0.25) is 5.02 Å². The van der Waals surface area contributed by atoms with Crippen molar-refractivity contribution in [3.63, 3.8) is 0 Å². The van der Waals surface area contributed by atoms with Crippen LogP contribution in [0.15, 0.2) is 24.4 Å². The molecule has 2 rings (SSSR count). The van der Waals surface area contributed by atoms with Crippen LogP contribution in [0.3, 0.4) is 0 Å². The quantitative estimate of drug-likeness (QED) is 0.888. The summed E-state index contributed by atoms with van der Waals surface area (Å²) >= 11 is 7.42. The molecule has 0 aliphatic heterocycles. The molecule has 0 aliphatic rings. The molecule has 1 heterocycles. The molecule has 0 saturated heterocycles. The van der Waals surface area contributed by atoms with Crippen molar-refractivity contribution in [3.05, 3.63) is 50.7 Å². The molecule has 0 radical (unpaired) electrons. The molecular formula is C14H16ClFN2S. The smallest absolute Gasteiger partial charge is 0.129 e. The normalized spacial score (nSPS) is 12.6. The molecular weight excluding hydrogens is 283 g/mol. The zero-order valence-electron chi connectivity index (χ0n) is 10.9. The Labute approximate surface area is 121 Å². The number of nitrogens with one attached hydrogen (secondary N) is 1. The van der Waals surface area contributed by atoms with Crippen molar-refractivity contribution >= 4 is 22.9 Å². The predicted molar refractivity (Wildman–Crippen MR) is 78.2 cm³/mol. The van der Waals surface area contributed by atoms with Crippen LogP contribution in [-0.4, -0.2) is 4.98 Å². The average Bonchev–Trinajstić information content (AvgIpc) is 2.86. The maximum atomic E-state index is 13.6. The lowest BCUT2D eigenvalue weighted by Crippen LogP contribution is -2.18. The summed E-state index contributed by atoms with van der Waals surface area (Å²) in [5, 5.41) is 4.73. The van der Waals surface area contributed by atoms with Crippen LogP contribution < -0.4 is 5.32 Å². The van der Waals surface area contributed by atoms with E-state index in [1.165, 1.54) is 10.9 Å². The second-order valence-corrected chi connectivity index (χ2v) is 5.94. The lowest BCUT2D eigenvalue weighted by Gasteiger charge is -2.11. The zero-order chi connectivity index (χ0) is 13.8. The second kappa shape index (κ2) is 6.46. The van der Waals surface area contributed by atoms with Crippen molar-refractivity contribution in [2.24, 2.45) is 0 Å². The van der Waals surface area contributed by atoms with Crippen LogP contribution >= 0.6 is 22.9 Å². The molecule has 2 nitrogen and oxygen atoms in total. The van der Waals surface area contributed by atoms with Crippen molar-refractivity contribution in [1.29, 1.82) is 0 Å². The summed E-state index contributed by atoms with van der Waals surface area (Å²) in [6, 6.07) is 4.85. The van der Waals surface area contributed by atoms with E-state index in [-0.39, 0.29) is 11.9 Å². The van der Waals surface area contributed by atoms with Crippen LogP contribution in [0.1, 0.15) is 35.3 Å². The van der Waals surface area contributed by atoms with E-state index in [0.717, 1.165) is 11.4 Å². The number of halogens is 2. The van der Waals surface area contributed by atoms with Gasteiger partial charge in [-0.1, -0.05) is 24.6 Å². The van der Waals surface area contributed by atoms with Gasteiger partial charge >= 0.3 is 0 Å². The van der Waals surface area contributed by atoms with E-state index in [0.29, 0.717) is 17.1 Å². The topological polar surface area (TPSA) is 24.9 Å². The van der Waals surface area contributed by atoms with Crippen molar-refractivity contribution in [2.75, 3.05) is 0 Å². The van der Waals surface area contributed by atoms with E-state index in [1.54, 1.807) is 23.5 Å². The molecule has 5 heteroatoms. The van der Waals surface area contributed by atoms with Crippen molar-refractivity contribution in [3.8, 4) is 0 Å². The molecule has 1 atom stereocenters. The Hall–Kier alpha value is -0.970. The Morgan fingerprint density at radius 2 is 2.26 bits per heavy atom. The number of benzene rings is 1. The lowest BCUT2D eigenvalue weighted by molar-refractivity contribution is 0.542. The number of aromatic nitrogens is 1. The number of hydrogen-bond acceptors (Lipinski definition) is 3. The highest BCUT2D eigenvalue weighted by Crippen LogP contribution is 2.21. The first-order valence-corrected chi connectivity index (χ1v) is 7.41. The highest BCUT2D eigenvalue weighted by molar-refractivity contribution is 7.11. The summed E-state index contributed by atoms with van der Waals surface area (Å²) in [6.45, 7) is 4.61. The highest BCUT2D eigenvalue weighted by atomic mass is 35.5. The van der Waals surface area contributed by atoms with E-state index < -0.39 is 0 Å². The number of hydrogen-bond donors (Lipinski definition) is 1. The minimum atomic E-state index is -0.277. The minimum Gasteiger partial charge on any atom is -0.304 e. The van der Waals surface area contributed by atoms with Crippen LogP contribution in [0, 0.1) is 5.82 Å². The fourth-order valence-corrected chi connectivity index (χ4v) is 2.74. The Morgan fingerprint density at radius 3 is 2.89 bits per heavy atom. The van der Waals surface area contributed by atoms with Gasteiger partial charge in [-0.15, -0.1) is 11.3 Å². The van der Waals surface area contributed by atoms with Crippen LogP contribution in [0.5, 0.6) is 0 Å². The molecule has 19 heavy (non-hydrogen) atoms. The number of thiazole rings is 1. The summed E-state index contributed by atoms with van der Waals surface area (Å²) in [4.78, 5) is 5.64. The first-order valence-electron chi connectivity index (χ1n) is 6.22.